The van der Waals surface area contributed by atoms with Gasteiger partial charge in [0.25, 0.3) is 5.56 Å². The van der Waals surface area contributed by atoms with E-state index in [1.165, 1.54) is 25.3 Å². The first kappa shape index (κ1) is 28.2. The number of carbonyl (C=O) groups excluding carboxylic acids is 2. The van der Waals surface area contributed by atoms with Crippen molar-refractivity contribution < 1.29 is 46.8 Å². The van der Waals surface area contributed by atoms with Crippen LogP contribution in [0.1, 0.15) is 46.4 Å². The molecule has 2 fully saturated rings. The standard InChI is InChI=1S/C21H28F3N3O8S/c1-19(2,3)33-12(29)8-26(17(31)21(22,23)24)6-10-7-27(18(36)25-15(10)30)16-14-13(11(9-28)32-16)34-20(4,5)35-14/h7,11,13-14,16,28H,6,8-9H2,1-5H3,(H,25,30,36)/t11-,13+,14?,16-/m1/s1. The molecule has 0 aliphatic carbocycles. The van der Waals surface area contributed by atoms with Gasteiger partial charge in [-0.05, 0) is 46.8 Å². The van der Waals surface area contributed by atoms with Gasteiger partial charge in [-0.25, -0.2) is 0 Å². The molecule has 11 nitrogen and oxygen atoms in total. The summed E-state index contributed by atoms with van der Waals surface area (Å²) in [6, 6.07) is 0. The second-order valence-corrected chi connectivity index (χ2v) is 10.3. The minimum Gasteiger partial charge on any atom is -0.459 e. The number of hydrogen-bond acceptors (Lipinski definition) is 9. The maximum Gasteiger partial charge on any atom is 0.471 e. The highest BCUT2D eigenvalue weighted by atomic mass is 32.1. The molecule has 2 saturated heterocycles. The molecule has 1 unspecified atom stereocenters. The first-order valence-electron chi connectivity index (χ1n) is 11.0. The summed E-state index contributed by atoms with van der Waals surface area (Å²) in [5, 5.41) is 9.69. The van der Waals surface area contributed by atoms with Crippen LogP contribution < -0.4 is 5.56 Å². The van der Waals surface area contributed by atoms with Gasteiger partial charge in [0.05, 0.1) is 18.7 Å². The molecule has 4 atom stereocenters. The fourth-order valence-electron chi connectivity index (χ4n) is 3.97. The van der Waals surface area contributed by atoms with Gasteiger partial charge in [-0.1, -0.05) is 0 Å². The van der Waals surface area contributed by atoms with Gasteiger partial charge in [-0.15, -0.1) is 0 Å². The Balaban J connectivity index is 1.95. The van der Waals surface area contributed by atoms with Gasteiger partial charge in [-0.2, -0.15) is 13.2 Å². The van der Waals surface area contributed by atoms with Gasteiger partial charge >= 0.3 is 18.1 Å². The molecule has 2 N–H and O–H groups in total. The van der Waals surface area contributed by atoms with E-state index in [4.69, 9.17) is 31.2 Å². The Morgan fingerprint density at radius 3 is 2.42 bits per heavy atom. The zero-order chi connectivity index (χ0) is 27.2. The number of aliphatic hydroxyl groups excluding tert-OH is 1. The Hall–Kier alpha value is -2.33. The number of fused-ring (bicyclic) bond motifs is 1. The number of amides is 1. The molecule has 3 rings (SSSR count). The van der Waals surface area contributed by atoms with Crippen molar-refractivity contribution in [2.24, 2.45) is 0 Å². The number of rotatable bonds is 6. The van der Waals surface area contributed by atoms with Crippen LogP contribution in [0.4, 0.5) is 13.2 Å². The molecule has 0 saturated carbocycles. The number of halogens is 3. The van der Waals surface area contributed by atoms with Gasteiger partial charge in [0, 0.05) is 6.20 Å². The monoisotopic (exact) mass is 539 g/mol. The van der Waals surface area contributed by atoms with Crippen LogP contribution >= 0.6 is 12.2 Å². The predicted octanol–water partition coefficient (Wildman–Crippen LogP) is 1.55. The van der Waals surface area contributed by atoms with Gasteiger partial charge in [0.1, 0.15) is 30.5 Å². The van der Waals surface area contributed by atoms with Gasteiger partial charge in [0.2, 0.25) is 0 Å². The molecule has 0 aromatic carbocycles. The number of nitrogens with zero attached hydrogens (tertiary/aromatic N) is 2. The third-order valence-corrected chi connectivity index (χ3v) is 5.56. The second kappa shape index (κ2) is 9.85. The Morgan fingerprint density at radius 1 is 1.25 bits per heavy atom. The molecule has 15 heteroatoms. The van der Waals surface area contributed by atoms with Crippen molar-refractivity contribution in [3.63, 3.8) is 0 Å². The van der Waals surface area contributed by atoms with Crippen molar-refractivity contribution in [3.8, 4) is 0 Å². The number of carbonyl (C=O) groups is 2. The number of nitrogens with one attached hydrogen (secondary N) is 1. The number of aromatic nitrogens is 2. The average Bonchev–Trinajstić information content (AvgIpc) is 3.19. The van der Waals surface area contributed by atoms with E-state index in [9.17, 15) is 32.7 Å². The lowest BCUT2D eigenvalue weighted by molar-refractivity contribution is -0.200. The molecule has 1 aromatic rings. The fourth-order valence-corrected chi connectivity index (χ4v) is 4.22. The summed E-state index contributed by atoms with van der Waals surface area (Å²) >= 11 is 5.22. The fraction of sp³-hybridized carbons (Fsp3) is 0.714. The molecule has 0 spiro atoms. The zero-order valence-electron chi connectivity index (χ0n) is 20.2. The van der Waals surface area contributed by atoms with Gasteiger partial charge in [0.15, 0.2) is 16.8 Å². The molecule has 1 amide bonds. The molecule has 3 heterocycles. The lowest BCUT2D eigenvalue weighted by Gasteiger charge is -2.27. The number of H-pyrrole nitrogens is 1. The van der Waals surface area contributed by atoms with Crippen molar-refractivity contribution >= 4 is 24.1 Å². The van der Waals surface area contributed by atoms with E-state index in [1.807, 2.05) is 0 Å². The maximum absolute atomic E-state index is 13.3. The molecular weight excluding hydrogens is 511 g/mol. The highest BCUT2D eigenvalue weighted by molar-refractivity contribution is 7.71. The van der Waals surface area contributed by atoms with Crippen molar-refractivity contribution in [1.82, 2.24) is 14.5 Å². The SMILES string of the molecule is CC(C)(C)OC(=O)CN(Cc1cn([C@@H]2O[C@H](CO)[C@@H]3OC(C)(C)OC32)c(=S)[nH]c1=O)C(=O)C(F)(F)F. The molecule has 2 aliphatic heterocycles. The molecule has 0 radical (unpaired) electrons. The molecule has 0 bridgehead atoms. The van der Waals surface area contributed by atoms with E-state index >= 15 is 0 Å². The lowest BCUT2D eigenvalue weighted by atomic mass is 10.1. The second-order valence-electron chi connectivity index (χ2n) is 9.88. The lowest BCUT2D eigenvalue weighted by Crippen LogP contribution is -2.45. The van der Waals surface area contributed by atoms with Crippen LogP contribution in [0.3, 0.4) is 0 Å². The first-order valence-corrected chi connectivity index (χ1v) is 11.4. The van der Waals surface area contributed by atoms with Crippen molar-refractivity contribution in [2.75, 3.05) is 13.2 Å². The van der Waals surface area contributed by atoms with Gasteiger partial charge in [-0.3, -0.25) is 23.9 Å². The zero-order valence-corrected chi connectivity index (χ0v) is 21.1. The number of esters is 1. The topological polar surface area (TPSA) is 132 Å². The smallest absolute Gasteiger partial charge is 0.459 e. The Morgan fingerprint density at radius 2 is 1.86 bits per heavy atom. The van der Waals surface area contributed by atoms with Crippen LogP contribution in [-0.2, 0) is 35.1 Å². The van der Waals surface area contributed by atoms with E-state index in [0.29, 0.717) is 0 Å². The van der Waals surface area contributed by atoms with E-state index in [0.717, 1.165) is 6.20 Å². The Bertz CT molecular complexity index is 1130. The summed E-state index contributed by atoms with van der Waals surface area (Å²) in [7, 11) is 0. The minimum absolute atomic E-state index is 0.139. The maximum atomic E-state index is 13.3. The van der Waals surface area contributed by atoms with E-state index in [-0.39, 0.29) is 15.2 Å². The number of alkyl halides is 3. The van der Waals surface area contributed by atoms with Crippen molar-refractivity contribution in [2.45, 2.75) is 83.3 Å². The third-order valence-electron chi connectivity index (χ3n) is 5.25. The quantitative estimate of drug-likeness (QED) is 0.408. The molecule has 202 valence electrons. The molecule has 36 heavy (non-hydrogen) atoms. The summed E-state index contributed by atoms with van der Waals surface area (Å²) in [6.45, 7) is 5.52. The number of aromatic amines is 1. The summed E-state index contributed by atoms with van der Waals surface area (Å²) < 4.78 is 63.4. The summed E-state index contributed by atoms with van der Waals surface area (Å²) in [6.07, 6.45) is -7.42. The van der Waals surface area contributed by atoms with Crippen LogP contribution in [-0.4, -0.2) is 80.5 Å². The number of hydrogen-bond donors (Lipinski definition) is 2. The highest BCUT2D eigenvalue weighted by Gasteiger charge is 2.55. The van der Waals surface area contributed by atoms with Crippen LogP contribution in [0, 0.1) is 4.77 Å². The Kier molecular flexibility index (Phi) is 7.73. The minimum atomic E-state index is -5.31. The molecular formula is C21H28F3N3O8S. The van der Waals surface area contributed by atoms with Crippen molar-refractivity contribution in [3.05, 3.63) is 26.9 Å². The Labute approximate surface area is 209 Å². The van der Waals surface area contributed by atoms with Crippen LogP contribution in [0.25, 0.3) is 0 Å². The van der Waals surface area contributed by atoms with E-state index in [2.05, 4.69) is 4.98 Å². The molecule has 1 aromatic heterocycles. The highest BCUT2D eigenvalue weighted by Crippen LogP contribution is 2.42. The van der Waals surface area contributed by atoms with Crippen LogP contribution in [0.5, 0.6) is 0 Å². The normalized spacial score (nSPS) is 25.5. The first-order chi connectivity index (χ1) is 16.4. The molecule has 2 aliphatic rings. The summed E-state index contributed by atoms with van der Waals surface area (Å²) in [4.78, 5) is 39.3. The number of ether oxygens (including phenoxy) is 4. The van der Waals surface area contributed by atoms with Crippen molar-refractivity contribution in [1.29, 1.82) is 0 Å². The van der Waals surface area contributed by atoms with Crippen LogP contribution in [0.2, 0.25) is 0 Å². The van der Waals surface area contributed by atoms with E-state index < -0.39 is 79.2 Å². The number of aliphatic hydroxyl groups is 1. The van der Waals surface area contributed by atoms with Crippen LogP contribution in [0.15, 0.2) is 11.0 Å². The average molecular weight is 540 g/mol. The summed E-state index contributed by atoms with van der Waals surface area (Å²) in [5.41, 5.74) is -2.18. The third kappa shape index (κ3) is 6.32. The summed E-state index contributed by atoms with van der Waals surface area (Å²) in [5.74, 6) is -4.43. The largest absolute Gasteiger partial charge is 0.471 e. The predicted molar refractivity (Wildman–Crippen MR) is 118 cm³/mol. The van der Waals surface area contributed by atoms with Gasteiger partial charge < -0.3 is 29.0 Å². The van der Waals surface area contributed by atoms with E-state index in [1.54, 1.807) is 13.8 Å².